The van der Waals surface area contributed by atoms with E-state index < -0.39 is 0 Å². The van der Waals surface area contributed by atoms with Crippen molar-refractivity contribution in [3.8, 4) is 0 Å². The van der Waals surface area contributed by atoms with Crippen molar-refractivity contribution < 1.29 is 4.74 Å². The summed E-state index contributed by atoms with van der Waals surface area (Å²) in [6.07, 6.45) is 6.96. The lowest BCUT2D eigenvalue weighted by atomic mass is 9.80. The zero-order valence-corrected chi connectivity index (χ0v) is 12.6. The second-order valence-corrected chi connectivity index (χ2v) is 6.18. The van der Waals surface area contributed by atoms with Gasteiger partial charge in [-0.1, -0.05) is 43.1 Å². The lowest BCUT2D eigenvalue weighted by molar-refractivity contribution is -0.0119. The molecule has 1 nitrogen and oxygen atoms in total. The van der Waals surface area contributed by atoms with E-state index in [0.717, 1.165) is 23.8 Å². The van der Waals surface area contributed by atoms with E-state index in [4.69, 9.17) is 4.74 Å². The maximum Gasteiger partial charge on any atom is 0.0578 e. The van der Waals surface area contributed by atoms with Gasteiger partial charge in [0.15, 0.2) is 0 Å². The van der Waals surface area contributed by atoms with Gasteiger partial charge in [-0.3, -0.25) is 0 Å². The Morgan fingerprint density at radius 2 is 2.00 bits per heavy atom. The molecule has 0 aliphatic heterocycles. The Labute approximate surface area is 109 Å². The largest absolute Gasteiger partial charge is 0.378 e. The van der Waals surface area contributed by atoms with Crippen LogP contribution in [0, 0.1) is 17.8 Å². The normalized spacial score (nSPS) is 32.6. The fourth-order valence-corrected chi connectivity index (χ4v) is 3.05. The SMILES string of the molecule is CCCC(CBr)COC1CCC(C)C(C)C1. The maximum atomic E-state index is 6.08. The quantitative estimate of drug-likeness (QED) is 0.648. The smallest absolute Gasteiger partial charge is 0.0578 e. The summed E-state index contributed by atoms with van der Waals surface area (Å²) in [7, 11) is 0. The minimum atomic E-state index is 0.532. The Bertz CT molecular complexity index is 184. The van der Waals surface area contributed by atoms with Gasteiger partial charge >= 0.3 is 0 Å². The summed E-state index contributed by atoms with van der Waals surface area (Å²) < 4.78 is 6.08. The Balaban J connectivity index is 2.21. The van der Waals surface area contributed by atoms with Gasteiger partial charge < -0.3 is 4.74 Å². The molecule has 0 amide bonds. The molecule has 1 aliphatic rings. The summed E-state index contributed by atoms with van der Waals surface area (Å²) in [5.41, 5.74) is 0. The number of hydrogen-bond donors (Lipinski definition) is 0. The number of hydrogen-bond acceptors (Lipinski definition) is 1. The van der Waals surface area contributed by atoms with Crippen molar-refractivity contribution in [1.82, 2.24) is 0 Å². The molecule has 4 unspecified atom stereocenters. The highest BCUT2D eigenvalue weighted by atomic mass is 79.9. The van der Waals surface area contributed by atoms with Gasteiger partial charge in [-0.05, 0) is 43.4 Å². The molecule has 0 bridgehead atoms. The molecule has 2 heteroatoms. The van der Waals surface area contributed by atoms with Gasteiger partial charge in [0.05, 0.1) is 12.7 Å². The highest BCUT2D eigenvalue weighted by molar-refractivity contribution is 9.09. The van der Waals surface area contributed by atoms with Crippen LogP contribution in [-0.2, 0) is 4.74 Å². The van der Waals surface area contributed by atoms with Crippen LogP contribution in [-0.4, -0.2) is 18.0 Å². The van der Waals surface area contributed by atoms with Crippen LogP contribution in [0.15, 0.2) is 0 Å². The molecule has 0 heterocycles. The molecule has 16 heavy (non-hydrogen) atoms. The van der Waals surface area contributed by atoms with Gasteiger partial charge in [-0.15, -0.1) is 0 Å². The van der Waals surface area contributed by atoms with Gasteiger partial charge in [-0.25, -0.2) is 0 Å². The lowest BCUT2D eigenvalue weighted by Gasteiger charge is -2.32. The first-order chi connectivity index (χ1) is 7.67. The topological polar surface area (TPSA) is 9.23 Å². The summed E-state index contributed by atoms with van der Waals surface area (Å²) in [4.78, 5) is 0. The van der Waals surface area contributed by atoms with Crippen LogP contribution < -0.4 is 0 Å². The summed E-state index contributed by atoms with van der Waals surface area (Å²) >= 11 is 3.58. The van der Waals surface area contributed by atoms with Crippen LogP contribution in [0.5, 0.6) is 0 Å². The fraction of sp³-hybridized carbons (Fsp3) is 1.00. The van der Waals surface area contributed by atoms with Crippen molar-refractivity contribution in [2.24, 2.45) is 17.8 Å². The molecule has 0 aromatic rings. The standard InChI is InChI=1S/C14H27BrO/c1-4-5-13(9-15)10-16-14-7-6-11(2)12(3)8-14/h11-14H,4-10H2,1-3H3. The number of ether oxygens (including phenoxy) is 1. The van der Waals surface area contributed by atoms with Crippen molar-refractivity contribution in [3.05, 3.63) is 0 Å². The number of rotatable bonds is 6. The predicted molar refractivity (Wildman–Crippen MR) is 74.1 cm³/mol. The van der Waals surface area contributed by atoms with Crippen LogP contribution in [0.2, 0.25) is 0 Å². The minimum Gasteiger partial charge on any atom is -0.378 e. The first-order valence-electron chi connectivity index (χ1n) is 6.84. The van der Waals surface area contributed by atoms with Crippen LogP contribution in [0.4, 0.5) is 0 Å². The number of halogens is 1. The second kappa shape index (κ2) is 7.71. The van der Waals surface area contributed by atoms with Crippen molar-refractivity contribution in [2.75, 3.05) is 11.9 Å². The van der Waals surface area contributed by atoms with Gasteiger partial charge in [0.1, 0.15) is 0 Å². The third-order valence-corrected chi connectivity index (χ3v) is 4.95. The van der Waals surface area contributed by atoms with Gasteiger partial charge in [0, 0.05) is 5.33 Å². The average Bonchev–Trinajstić information content (AvgIpc) is 2.28. The molecule has 96 valence electrons. The van der Waals surface area contributed by atoms with Crippen LogP contribution in [0.3, 0.4) is 0 Å². The maximum absolute atomic E-state index is 6.08. The highest BCUT2D eigenvalue weighted by Gasteiger charge is 2.25. The molecule has 1 rings (SSSR count). The summed E-state index contributed by atoms with van der Waals surface area (Å²) in [5, 5.41) is 1.08. The zero-order valence-electron chi connectivity index (χ0n) is 11.0. The van der Waals surface area contributed by atoms with Crippen molar-refractivity contribution in [1.29, 1.82) is 0 Å². The van der Waals surface area contributed by atoms with E-state index >= 15 is 0 Å². The van der Waals surface area contributed by atoms with Crippen LogP contribution >= 0.6 is 15.9 Å². The average molecular weight is 291 g/mol. The predicted octanol–water partition coefficient (Wildman–Crippen LogP) is 4.64. The minimum absolute atomic E-state index is 0.532. The van der Waals surface area contributed by atoms with Crippen molar-refractivity contribution in [2.45, 2.75) is 59.0 Å². The molecule has 1 saturated carbocycles. The summed E-state index contributed by atoms with van der Waals surface area (Å²) in [5.74, 6) is 2.44. The molecule has 1 aliphatic carbocycles. The first kappa shape index (κ1) is 14.5. The molecule has 1 fully saturated rings. The molecule has 0 aromatic heterocycles. The van der Waals surface area contributed by atoms with Crippen LogP contribution in [0.25, 0.3) is 0 Å². The third kappa shape index (κ3) is 4.75. The van der Waals surface area contributed by atoms with Gasteiger partial charge in [0.2, 0.25) is 0 Å². The first-order valence-corrected chi connectivity index (χ1v) is 7.97. The van der Waals surface area contributed by atoms with E-state index in [1.807, 2.05) is 0 Å². The Hall–Kier alpha value is 0.440. The number of alkyl halides is 1. The van der Waals surface area contributed by atoms with Crippen molar-refractivity contribution >= 4 is 15.9 Å². The van der Waals surface area contributed by atoms with E-state index in [0.29, 0.717) is 12.0 Å². The van der Waals surface area contributed by atoms with E-state index in [9.17, 15) is 0 Å². The molecule has 4 atom stereocenters. The molecule has 0 spiro atoms. The second-order valence-electron chi connectivity index (χ2n) is 5.53. The third-order valence-electron chi connectivity index (χ3n) is 4.03. The summed E-state index contributed by atoms with van der Waals surface area (Å²) in [6.45, 7) is 7.94. The molecule has 0 aromatic carbocycles. The van der Waals surface area contributed by atoms with Crippen molar-refractivity contribution in [3.63, 3.8) is 0 Å². The Morgan fingerprint density at radius 3 is 2.56 bits per heavy atom. The molecular formula is C14H27BrO. The van der Waals surface area contributed by atoms with E-state index in [1.165, 1.54) is 32.1 Å². The Morgan fingerprint density at radius 1 is 1.25 bits per heavy atom. The summed E-state index contributed by atoms with van der Waals surface area (Å²) in [6, 6.07) is 0. The monoisotopic (exact) mass is 290 g/mol. The fourth-order valence-electron chi connectivity index (χ4n) is 2.53. The molecular weight excluding hydrogens is 264 g/mol. The van der Waals surface area contributed by atoms with E-state index in [1.54, 1.807) is 0 Å². The van der Waals surface area contributed by atoms with Gasteiger partial charge in [-0.2, -0.15) is 0 Å². The van der Waals surface area contributed by atoms with Gasteiger partial charge in [0.25, 0.3) is 0 Å². The lowest BCUT2D eigenvalue weighted by Crippen LogP contribution is -2.28. The van der Waals surface area contributed by atoms with E-state index in [-0.39, 0.29) is 0 Å². The molecule has 0 N–H and O–H groups in total. The highest BCUT2D eigenvalue weighted by Crippen LogP contribution is 2.31. The Kier molecular flexibility index (Phi) is 6.98. The van der Waals surface area contributed by atoms with Crippen LogP contribution in [0.1, 0.15) is 52.9 Å². The van der Waals surface area contributed by atoms with E-state index in [2.05, 4.69) is 36.7 Å². The zero-order chi connectivity index (χ0) is 12.0. The molecule has 0 radical (unpaired) electrons. The molecule has 0 saturated heterocycles.